The normalized spacial score (nSPS) is 13.5. The van der Waals surface area contributed by atoms with Crippen LogP contribution >= 0.6 is 0 Å². The van der Waals surface area contributed by atoms with E-state index >= 15 is 0 Å². The van der Waals surface area contributed by atoms with Crippen LogP contribution in [0.4, 0.5) is 13.2 Å². The molecule has 42 heavy (non-hydrogen) atoms. The first-order valence-electron chi connectivity index (χ1n) is 14.2. The monoisotopic (exact) mass is 589 g/mol. The molecule has 11 heteroatoms. The lowest BCUT2D eigenvalue weighted by Gasteiger charge is -2.20. The van der Waals surface area contributed by atoms with E-state index in [-0.39, 0.29) is 12.5 Å². The van der Waals surface area contributed by atoms with Crippen LogP contribution in [0.5, 0.6) is 17.5 Å². The Morgan fingerprint density at radius 2 is 1.67 bits per heavy atom. The molecule has 1 atom stereocenters. The molecule has 1 saturated carbocycles. The Kier molecular flexibility index (Phi) is 13.5. The fourth-order valence-electron chi connectivity index (χ4n) is 3.83. The highest BCUT2D eigenvalue weighted by atomic mass is 19.4. The molecule has 230 valence electrons. The number of rotatable bonds is 10. The van der Waals surface area contributed by atoms with E-state index in [2.05, 4.69) is 39.1 Å². The van der Waals surface area contributed by atoms with Crippen LogP contribution in [-0.4, -0.2) is 40.3 Å². The minimum atomic E-state index is -4.43. The predicted molar refractivity (Wildman–Crippen MR) is 158 cm³/mol. The van der Waals surface area contributed by atoms with Crippen molar-refractivity contribution in [2.24, 2.45) is 0 Å². The van der Waals surface area contributed by atoms with Gasteiger partial charge >= 0.3 is 6.18 Å². The van der Waals surface area contributed by atoms with Gasteiger partial charge in [-0.3, -0.25) is 0 Å². The summed E-state index contributed by atoms with van der Waals surface area (Å²) in [5, 5.41) is 2.51. The topological polar surface area (TPSA) is 91.3 Å². The highest BCUT2D eigenvalue weighted by molar-refractivity contribution is 5.66. The molecule has 0 radical (unpaired) electrons. The van der Waals surface area contributed by atoms with E-state index in [1.807, 2.05) is 13.8 Å². The molecule has 4 rings (SSSR count). The lowest BCUT2D eigenvalue weighted by atomic mass is 10.1. The second-order valence-corrected chi connectivity index (χ2v) is 9.29. The van der Waals surface area contributed by atoms with Gasteiger partial charge in [-0.15, -0.1) is 0 Å². The zero-order valence-electron chi connectivity index (χ0n) is 25.7. The first-order valence-corrected chi connectivity index (χ1v) is 14.2. The Morgan fingerprint density at radius 1 is 1.02 bits per heavy atom. The van der Waals surface area contributed by atoms with E-state index in [0.29, 0.717) is 34.5 Å². The van der Waals surface area contributed by atoms with E-state index in [1.165, 1.54) is 40.1 Å². The van der Waals surface area contributed by atoms with E-state index in [1.54, 1.807) is 31.2 Å². The smallest absolute Gasteiger partial charge is 0.430 e. The average molecular weight is 590 g/mol. The minimum absolute atomic E-state index is 0.162. The molecular weight excluding hydrogens is 547 g/mol. The van der Waals surface area contributed by atoms with E-state index in [4.69, 9.17) is 14.2 Å². The Bertz CT molecular complexity index is 1280. The molecule has 0 spiro atoms. The van der Waals surface area contributed by atoms with Crippen LogP contribution in [0.1, 0.15) is 89.6 Å². The number of methoxy groups -OCH3 is 2. The summed E-state index contributed by atoms with van der Waals surface area (Å²) in [7, 11) is 3.03. The van der Waals surface area contributed by atoms with Crippen LogP contribution in [0.15, 0.2) is 48.6 Å². The summed E-state index contributed by atoms with van der Waals surface area (Å²) in [4.78, 5) is 17.7. The molecule has 1 fully saturated rings. The second kappa shape index (κ2) is 16.5. The average Bonchev–Trinajstić information content (AvgIpc) is 3.85. The third-order valence-corrected chi connectivity index (χ3v) is 5.99. The fraction of sp³-hybridized carbons (Fsp3) is 0.484. The summed E-state index contributed by atoms with van der Waals surface area (Å²) in [5.41, 5.74) is 2.21. The van der Waals surface area contributed by atoms with E-state index < -0.39 is 17.9 Å². The fourth-order valence-corrected chi connectivity index (χ4v) is 3.83. The highest BCUT2D eigenvalue weighted by Crippen LogP contribution is 2.45. The van der Waals surface area contributed by atoms with E-state index in [0.717, 1.165) is 30.2 Å². The van der Waals surface area contributed by atoms with Crippen molar-refractivity contribution in [3.05, 3.63) is 65.4 Å². The SMILES string of the molecule is C/C=C(\NC(C)c1ccc(COc2nc(-c3c(OC)ncnc3C3CC3)ncc2OC)cc1)C(F)(F)F.CC.CCC. The number of halogens is 3. The summed E-state index contributed by atoms with van der Waals surface area (Å²) >= 11 is 0. The van der Waals surface area contributed by atoms with Gasteiger partial charge in [-0.1, -0.05) is 64.5 Å². The van der Waals surface area contributed by atoms with Crippen molar-refractivity contribution in [3.8, 4) is 28.9 Å². The molecule has 2 aromatic heterocycles. The maximum absolute atomic E-state index is 13.0. The molecule has 1 aliphatic rings. The van der Waals surface area contributed by atoms with Crippen molar-refractivity contribution in [3.63, 3.8) is 0 Å². The molecule has 1 aliphatic carbocycles. The molecule has 0 saturated heterocycles. The van der Waals surface area contributed by atoms with Crippen LogP contribution in [0.2, 0.25) is 0 Å². The number of aromatic nitrogens is 4. The van der Waals surface area contributed by atoms with Gasteiger partial charge in [-0.05, 0) is 37.8 Å². The maximum atomic E-state index is 13.0. The summed E-state index contributed by atoms with van der Waals surface area (Å²) in [5.74, 6) is 1.67. The zero-order chi connectivity index (χ0) is 31.3. The number of ether oxygens (including phenoxy) is 3. The van der Waals surface area contributed by atoms with Crippen molar-refractivity contribution < 1.29 is 27.4 Å². The van der Waals surface area contributed by atoms with Crippen molar-refractivity contribution in [2.75, 3.05) is 14.2 Å². The van der Waals surface area contributed by atoms with Crippen LogP contribution in [0.3, 0.4) is 0 Å². The molecule has 0 bridgehead atoms. The number of nitrogens with one attached hydrogen (secondary N) is 1. The zero-order valence-corrected chi connectivity index (χ0v) is 25.7. The summed E-state index contributed by atoms with van der Waals surface area (Å²) in [6, 6.07) is 6.58. The minimum Gasteiger partial charge on any atom is -0.490 e. The van der Waals surface area contributed by atoms with Gasteiger partial charge in [0.05, 0.1) is 26.1 Å². The van der Waals surface area contributed by atoms with Gasteiger partial charge in [0.2, 0.25) is 5.88 Å². The van der Waals surface area contributed by atoms with Gasteiger partial charge in [0.25, 0.3) is 5.88 Å². The third-order valence-electron chi connectivity index (χ3n) is 5.99. The van der Waals surface area contributed by atoms with Crippen LogP contribution in [0, 0.1) is 0 Å². The van der Waals surface area contributed by atoms with Crippen molar-refractivity contribution in [1.29, 1.82) is 0 Å². The lowest BCUT2D eigenvalue weighted by Crippen LogP contribution is -2.28. The van der Waals surface area contributed by atoms with Crippen molar-refractivity contribution >= 4 is 0 Å². The van der Waals surface area contributed by atoms with Gasteiger partial charge in [-0.2, -0.15) is 18.2 Å². The number of alkyl halides is 3. The summed E-state index contributed by atoms with van der Waals surface area (Å²) in [6.07, 6.45) is 2.90. The maximum Gasteiger partial charge on any atom is 0.430 e. The molecule has 1 N–H and O–H groups in total. The second-order valence-electron chi connectivity index (χ2n) is 9.29. The van der Waals surface area contributed by atoms with Crippen LogP contribution in [0.25, 0.3) is 11.4 Å². The number of hydrogen-bond donors (Lipinski definition) is 1. The number of benzene rings is 1. The van der Waals surface area contributed by atoms with Gasteiger partial charge in [-0.25, -0.2) is 15.0 Å². The highest BCUT2D eigenvalue weighted by Gasteiger charge is 2.34. The largest absolute Gasteiger partial charge is 0.490 e. The van der Waals surface area contributed by atoms with Gasteiger partial charge < -0.3 is 19.5 Å². The molecule has 2 heterocycles. The van der Waals surface area contributed by atoms with Gasteiger partial charge in [0.15, 0.2) is 11.6 Å². The molecule has 0 aliphatic heterocycles. The molecule has 0 amide bonds. The molecule has 3 aromatic rings. The van der Waals surface area contributed by atoms with Gasteiger partial charge in [0.1, 0.15) is 24.2 Å². The van der Waals surface area contributed by atoms with Crippen molar-refractivity contribution in [2.45, 2.75) is 85.5 Å². The lowest BCUT2D eigenvalue weighted by molar-refractivity contribution is -0.0978. The standard InChI is InChI=1S/C26H28F3N5O3.C3H8.C2H6/c1-5-20(26(27,28)29)33-15(2)17-8-6-16(7-9-17)13-37-24-19(35-3)12-30-23(34-24)21-22(18-10-11-18)31-14-32-25(21)36-4;1-3-2;1-2/h5-9,12,14-15,18,33H,10-11,13H2,1-4H3;3H2,1-2H3;1-2H3/b20-5-;;. The van der Waals surface area contributed by atoms with Gasteiger partial charge in [0, 0.05) is 12.0 Å². The molecular formula is C31H42F3N5O3. The quantitative estimate of drug-likeness (QED) is 0.255. The van der Waals surface area contributed by atoms with E-state index in [9.17, 15) is 13.2 Å². The number of hydrogen-bond acceptors (Lipinski definition) is 8. The van der Waals surface area contributed by atoms with Crippen molar-refractivity contribution in [1.82, 2.24) is 25.3 Å². The Labute approximate surface area is 246 Å². The number of nitrogens with zero attached hydrogens (tertiary/aromatic N) is 4. The number of allylic oxidation sites excluding steroid dienone is 2. The Morgan fingerprint density at radius 3 is 2.19 bits per heavy atom. The summed E-state index contributed by atoms with van der Waals surface area (Å²) < 4.78 is 55.9. The van der Waals surface area contributed by atoms with Crippen LogP contribution in [-0.2, 0) is 6.61 Å². The molecule has 1 aromatic carbocycles. The van der Waals surface area contributed by atoms with Crippen LogP contribution < -0.4 is 19.5 Å². The molecule has 8 nitrogen and oxygen atoms in total. The first-order chi connectivity index (χ1) is 20.2. The summed E-state index contributed by atoms with van der Waals surface area (Å²) in [6.45, 7) is 11.4. The first kappa shape index (κ1) is 34.3. The third kappa shape index (κ3) is 9.32. The Hall–Kier alpha value is -3.89. The predicted octanol–water partition coefficient (Wildman–Crippen LogP) is 7.97. The molecule has 1 unspecified atom stereocenters. The Balaban J connectivity index is 0.00000116.